The largest absolute Gasteiger partial charge is 0.346 e. The number of aryl methyl sites for hydroxylation is 1. The third-order valence-electron chi connectivity index (χ3n) is 3.62. The Morgan fingerprint density at radius 3 is 2.38 bits per heavy atom. The van der Waals surface area contributed by atoms with Crippen molar-refractivity contribution >= 4 is 34.2 Å². The highest BCUT2D eigenvalue weighted by Gasteiger charge is 2.12. The Morgan fingerprint density at radius 2 is 1.86 bits per heavy atom. The highest BCUT2D eigenvalue weighted by molar-refractivity contribution is 9.10. The smallest absolute Gasteiger partial charge is 0.222 e. The number of hydrogen-bond acceptors (Lipinski definition) is 2. The highest BCUT2D eigenvalue weighted by Crippen LogP contribution is 2.12. The van der Waals surface area contributed by atoms with Gasteiger partial charge in [-0.05, 0) is 36.5 Å². The molecule has 0 aliphatic heterocycles. The van der Waals surface area contributed by atoms with Crippen LogP contribution in [-0.4, -0.2) is 30.4 Å². The molecule has 0 bridgehead atoms. The van der Waals surface area contributed by atoms with Gasteiger partial charge < -0.3 is 10.6 Å². The number of carbonyl (C=O) groups is 1. The Hall–Kier alpha value is -0.580. The molecular weight excluding hydrogens is 352 g/mol. The van der Waals surface area contributed by atoms with Gasteiger partial charge in [0, 0.05) is 30.5 Å². The Morgan fingerprint density at radius 1 is 1.29 bits per heavy atom. The Kier molecular flexibility index (Phi) is 9.92. The second-order valence-electron chi connectivity index (χ2n) is 5.64. The molecule has 0 saturated heterocycles. The van der Waals surface area contributed by atoms with Gasteiger partial charge in [0.05, 0.1) is 0 Å². The van der Waals surface area contributed by atoms with Crippen molar-refractivity contribution in [2.75, 3.05) is 13.6 Å². The minimum Gasteiger partial charge on any atom is -0.346 e. The first-order chi connectivity index (χ1) is 9.40. The van der Waals surface area contributed by atoms with Crippen molar-refractivity contribution in [1.29, 1.82) is 0 Å². The summed E-state index contributed by atoms with van der Waals surface area (Å²) in [5.74, 6) is 0.644. The van der Waals surface area contributed by atoms with Gasteiger partial charge in [-0.25, -0.2) is 0 Å². The van der Waals surface area contributed by atoms with Crippen LogP contribution in [-0.2, 0) is 11.2 Å². The molecule has 0 saturated carbocycles. The zero-order chi connectivity index (χ0) is 15.1. The second-order valence-corrected chi connectivity index (χ2v) is 6.55. The van der Waals surface area contributed by atoms with Crippen LogP contribution in [0.15, 0.2) is 28.7 Å². The fraction of sp³-hybridized carbons (Fsp3) is 0.562. The maximum Gasteiger partial charge on any atom is 0.222 e. The molecule has 2 N–H and O–H groups in total. The SMILES string of the molecule is CC(C)C(N)CCN(C)C(=O)CCc1ccc(Br)cc1.Cl. The molecule has 1 amide bonds. The third-order valence-corrected chi connectivity index (χ3v) is 4.15. The number of nitrogens with two attached hydrogens (primary N) is 1. The van der Waals surface area contributed by atoms with Crippen molar-refractivity contribution in [2.45, 2.75) is 39.2 Å². The fourth-order valence-electron chi connectivity index (χ4n) is 1.89. The van der Waals surface area contributed by atoms with Gasteiger partial charge in [-0.15, -0.1) is 12.4 Å². The molecule has 1 unspecified atom stereocenters. The lowest BCUT2D eigenvalue weighted by molar-refractivity contribution is -0.129. The van der Waals surface area contributed by atoms with E-state index >= 15 is 0 Å². The molecule has 0 aromatic heterocycles. The summed E-state index contributed by atoms with van der Waals surface area (Å²) in [5.41, 5.74) is 7.19. The van der Waals surface area contributed by atoms with E-state index in [1.165, 1.54) is 5.56 Å². The average molecular weight is 378 g/mol. The molecule has 0 aliphatic carbocycles. The quantitative estimate of drug-likeness (QED) is 0.788. The first-order valence-corrected chi connectivity index (χ1v) is 7.93. The van der Waals surface area contributed by atoms with E-state index in [0.717, 1.165) is 23.9 Å². The lowest BCUT2D eigenvalue weighted by Gasteiger charge is -2.21. The molecule has 0 heterocycles. The van der Waals surface area contributed by atoms with E-state index in [0.29, 0.717) is 12.3 Å². The minimum absolute atomic E-state index is 0. The summed E-state index contributed by atoms with van der Waals surface area (Å²) >= 11 is 3.41. The van der Waals surface area contributed by atoms with Crippen LogP contribution < -0.4 is 5.73 Å². The van der Waals surface area contributed by atoms with E-state index in [2.05, 4.69) is 29.8 Å². The summed E-state index contributed by atoms with van der Waals surface area (Å²) in [6.07, 6.45) is 2.19. The van der Waals surface area contributed by atoms with Crippen molar-refractivity contribution in [1.82, 2.24) is 4.90 Å². The number of carbonyl (C=O) groups excluding carboxylic acids is 1. The molecular formula is C16H26BrClN2O. The summed E-state index contributed by atoms with van der Waals surface area (Å²) in [5, 5.41) is 0. The Bertz CT molecular complexity index is 423. The summed E-state index contributed by atoms with van der Waals surface area (Å²) in [7, 11) is 1.86. The molecule has 21 heavy (non-hydrogen) atoms. The second kappa shape index (κ2) is 10.2. The van der Waals surface area contributed by atoms with Crippen LogP contribution in [0.4, 0.5) is 0 Å². The van der Waals surface area contributed by atoms with Gasteiger partial charge in [-0.1, -0.05) is 41.9 Å². The van der Waals surface area contributed by atoms with Crippen molar-refractivity contribution in [3.63, 3.8) is 0 Å². The van der Waals surface area contributed by atoms with E-state index in [-0.39, 0.29) is 24.4 Å². The van der Waals surface area contributed by atoms with Gasteiger partial charge >= 0.3 is 0 Å². The first kappa shape index (κ1) is 20.4. The van der Waals surface area contributed by atoms with E-state index in [4.69, 9.17) is 5.73 Å². The lowest BCUT2D eigenvalue weighted by Crippen LogP contribution is -2.34. The van der Waals surface area contributed by atoms with Crippen LogP contribution in [0.25, 0.3) is 0 Å². The number of rotatable bonds is 7. The Balaban J connectivity index is 0.00000400. The van der Waals surface area contributed by atoms with E-state index in [1.807, 2.05) is 31.3 Å². The van der Waals surface area contributed by atoms with Crippen molar-refractivity contribution in [3.05, 3.63) is 34.3 Å². The molecule has 3 nitrogen and oxygen atoms in total. The predicted molar refractivity (Wildman–Crippen MR) is 94.8 cm³/mol. The topological polar surface area (TPSA) is 46.3 Å². The first-order valence-electron chi connectivity index (χ1n) is 7.14. The molecule has 0 aliphatic rings. The molecule has 120 valence electrons. The number of benzene rings is 1. The van der Waals surface area contributed by atoms with Crippen LogP contribution in [0.3, 0.4) is 0 Å². The Labute approximate surface area is 142 Å². The molecule has 1 atom stereocenters. The van der Waals surface area contributed by atoms with Gasteiger partial charge in [0.25, 0.3) is 0 Å². The van der Waals surface area contributed by atoms with E-state index < -0.39 is 0 Å². The molecule has 1 aromatic carbocycles. The number of nitrogens with zero attached hydrogens (tertiary/aromatic N) is 1. The van der Waals surface area contributed by atoms with E-state index in [1.54, 1.807) is 4.90 Å². The summed E-state index contributed by atoms with van der Waals surface area (Å²) in [6, 6.07) is 8.27. The van der Waals surface area contributed by atoms with Gasteiger partial charge in [0.2, 0.25) is 5.91 Å². The van der Waals surface area contributed by atoms with Crippen LogP contribution >= 0.6 is 28.3 Å². The van der Waals surface area contributed by atoms with E-state index in [9.17, 15) is 4.79 Å². The van der Waals surface area contributed by atoms with Crippen LogP contribution in [0, 0.1) is 5.92 Å². The van der Waals surface area contributed by atoms with Gasteiger partial charge in [0.15, 0.2) is 0 Å². The van der Waals surface area contributed by atoms with Crippen LogP contribution in [0.5, 0.6) is 0 Å². The molecule has 0 spiro atoms. The maximum atomic E-state index is 12.0. The lowest BCUT2D eigenvalue weighted by atomic mass is 10.0. The zero-order valence-corrected chi connectivity index (χ0v) is 15.4. The summed E-state index contributed by atoms with van der Waals surface area (Å²) < 4.78 is 1.06. The maximum absolute atomic E-state index is 12.0. The van der Waals surface area contributed by atoms with Crippen LogP contribution in [0.2, 0.25) is 0 Å². The number of hydrogen-bond donors (Lipinski definition) is 1. The molecule has 5 heteroatoms. The molecule has 0 radical (unpaired) electrons. The highest BCUT2D eigenvalue weighted by atomic mass is 79.9. The predicted octanol–water partition coefficient (Wildman–Crippen LogP) is 3.64. The average Bonchev–Trinajstić information content (AvgIpc) is 2.43. The molecule has 1 aromatic rings. The van der Waals surface area contributed by atoms with Crippen molar-refractivity contribution in [2.24, 2.45) is 11.7 Å². The van der Waals surface area contributed by atoms with Crippen molar-refractivity contribution in [3.8, 4) is 0 Å². The van der Waals surface area contributed by atoms with Gasteiger partial charge in [0.1, 0.15) is 0 Å². The monoisotopic (exact) mass is 376 g/mol. The summed E-state index contributed by atoms with van der Waals surface area (Å²) in [4.78, 5) is 13.8. The van der Waals surface area contributed by atoms with Crippen LogP contribution in [0.1, 0.15) is 32.3 Å². The number of halogens is 2. The zero-order valence-electron chi connectivity index (χ0n) is 13.0. The standard InChI is InChI=1S/C16H25BrN2O.ClH/c1-12(2)15(18)10-11-19(3)16(20)9-6-13-4-7-14(17)8-5-13;/h4-5,7-8,12,15H,6,9-11,18H2,1-3H3;1H. The fourth-order valence-corrected chi connectivity index (χ4v) is 2.16. The van der Waals surface area contributed by atoms with Gasteiger partial charge in [-0.2, -0.15) is 0 Å². The number of amides is 1. The summed E-state index contributed by atoms with van der Waals surface area (Å²) in [6.45, 7) is 4.96. The van der Waals surface area contributed by atoms with Gasteiger partial charge in [-0.3, -0.25) is 4.79 Å². The van der Waals surface area contributed by atoms with Crippen molar-refractivity contribution < 1.29 is 4.79 Å². The normalized spacial score (nSPS) is 11.9. The third kappa shape index (κ3) is 7.84. The molecule has 0 fully saturated rings. The molecule has 1 rings (SSSR count). The minimum atomic E-state index is 0.